The van der Waals surface area contributed by atoms with Crippen LogP contribution in [0.4, 0.5) is 0 Å². The third kappa shape index (κ3) is 4.29. The van der Waals surface area contributed by atoms with Crippen molar-refractivity contribution >= 4 is 21.6 Å². The zero-order chi connectivity index (χ0) is 13.8. The van der Waals surface area contributed by atoms with Crippen molar-refractivity contribution < 1.29 is 23.1 Å². The molecule has 1 atom stereocenters. The number of ketones is 1. The number of hydrogen-bond donors (Lipinski definition) is 1. The average molecular weight is 270 g/mol. The van der Waals surface area contributed by atoms with Crippen LogP contribution in [-0.2, 0) is 14.6 Å². The van der Waals surface area contributed by atoms with E-state index in [9.17, 15) is 18.0 Å². The van der Waals surface area contributed by atoms with Gasteiger partial charge in [-0.2, -0.15) is 0 Å². The second-order valence-corrected chi connectivity index (χ2v) is 6.30. The molecular weight excluding hydrogens is 256 g/mol. The van der Waals surface area contributed by atoms with Crippen molar-refractivity contribution in [2.24, 2.45) is 5.92 Å². The lowest BCUT2D eigenvalue weighted by Crippen LogP contribution is -2.26. The summed E-state index contributed by atoms with van der Waals surface area (Å²) in [7, 11) is -3.28. The van der Waals surface area contributed by atoms with Gasteiger partial charge in [-0.3, -0.25) is 9.59 Å². The Bertz CT molecular complexity index is 533. The van der Waals surface area contributed by atoms with Gasteiger partial charge in [-0.1, -0.05) is 30.3 Å². The first kappa shape index (κ1) is 14.4. The Kier molecular flexibility index (Phi) is 4.61. The number of carboxylic acid groups (broad SMARTS) is 1. The van der Waals surface area contributed by atoms with E-state index in [1.54, 1.807) is 18.2 Å². The number of carboxylic acids is 1. The van der Waals surface area contributed by atoms with E-state index in [1.807, 2.05) is 0 Å². The van der Waals surface area contributed by atoms with E-state index in [1.165, 1.54) is 12.1 Å². The lowest BCUT2D eigenvalue weighted by atomic mass is 9.95. The maximum atomic E-state index is 11.9. The molecule has 1 aromatic rings. The quantitative estimate of drug-likeness (QED) is 0.615. The molecule has 1 unspecified atom stereocenters. The van der Waals surface area contributed by atoms with Crippen LogP contribution in [0, 0.1) is 5.92 Å². The molecule has 1 rings (SSSR count). The third-order valence-electron chi connectivity index (χ3n) is 2.45. The maximum Gasteiger partial charge on any atom is 0.314 e. The first-order valence-electron chi connectivity index (χ1n) is 5.31. The number of benzene rings is 1. The van der Waals surface area contributed by atoms with Crippen molar-refractivity contribution in [3.63, 3.8) is 0 Å². The van der Waals surface area contributed by atoms with Crippen LogP contribution < -0.4 is 0 Å². The Morgan fingerprint density at radius 3 is 2.22 bits per heavy atom. The van der Waals surface area contributed by atoms with Crippen molar-refractivity contribution in [3.05, 3.63) is 35.9 Å². The molecular formula is C12H14O5S. The Morgan fingerprint density at radius 2 is 1.78 bits per heavy atom. The highest BCUT2D eigenvalue weighted by Gasteiger charge is 2.28. The molecule has 0 saturated carbocycles. The van der Waals surface area contributed by atoms with Crippen LogP contribution in [0.5, 0.6) is 0 Å². The highest BCUT2D eigenvalue weighted by Crippen LogP contribution is 2.14. The number of carbonyl (C=O) groups excluding carboxylic acids is 1. The molecule has 0 aliphatic rings. The van der Waals surface area contributed by atoms with Crippen LogP contribution in [0.25, 0.3) is 0 Å². The molecule has 5 nitrogen and oxygen atoms in total. The Balaban J connectivity index is 2.87. The second-order valence-electron chi connectivity index (χ2n) is 4.04. The average Bonchev–Trinajstić information content (AvgIpc) is 2.28. The van der Waals surface area contributed by atoms with Crippen LogP contribution in [0.2, 0.25) is 0 Å². The molecule has 0 aliphatic heterocycles. The smallest absolute Gasteiger partial charge is 0.314 e. The number of aliphatic carboxylic acids is 1. The molecule has 0 bridgehead atoms. The summed E-state index contributed by atoms with van der Waals surface area (Å²) in [4.78, 5) is 22.9. The van der Waals surface area contributed by atoms with Crippen LogP contribution in [0.3, 0.4) is 0 Å². The van der Waals surface area contributed by atoms with Gasteiger partial charge in [0.2, 0.25) is 0 Å². The molecule has 0 heterocycles. The Hall–Kier alpha value is -1.69. The van der Waals surface area contributed by atoms with E-state index in [0.717, 1.165) is 6.26 Å². The van der Waals surface area contributed by atoms with E-state index in [2.05, 4.69) is 0 Å². The van der Waals surface area contributed by atoms with Gasteiger partial charge in [0.1, 0.15) is 15.8 Å². The summed E-state index contributed by atoms with van der Waals surface area (Å²) in [6.07, 6.45) is 0.806. The van der Waals surface area contributed by atoms with E-state index < -0.39 is 27.5 Å². The molecule has 6 heteroatoms. The normalized spacial score (nSPS) is 12.9. The first-order chi connectivity index (χ1) is 8.31. The van der Waals surface area contributed by atoms with Crippen LogP contribution >= 0.6 is 0 Å². The minimum Gasteiger partial charge on any atom is -0.481 e. The standard InChI is InChI=1S/C12H14O5S/c1-18(16,17)8-7-10(12(14)15)11(13)9-5-3-2-4-6-9/h2-6,10H,7-8H2,1H3,(H,14,15). The first-order valence-corrected chi connectivity index (χ1v) is 7.37. The largest absolute Gasteiger partial charge is 0.481 e. The molecule has 0 spiro atoms. The molecule has 18 heavy (non-hydrogen) atoms. The fourth-order valence-electron chi connectivity index (χ4n) is 1.50. The minimum atomic E-state index is -3.28. The third-order valence-corrected chi connectivity index (χ3v) is 3.43. The molecule has 98 valence electrons. The van der Waals surface area contributed by atoms with Crippen molar-refractivity contribution in [1.82, 2.24) is 0 Å². The van der Waals surface area contributed by atoms with Gasteiger partial charge in [-0.25, -0.2) is 8.42 Å². The number of rotatable bonds is 6. The van der Waals surface area contributed by atoms with Crippen molar-refractivity contribution in [1.29, 1.82) is 0 Å². The Morgan fingerprint density at radius 1 is 1.22 bits per heavy atom. The molecule has 0 amide bonds. The number of hydrogen-bond acceptors (Lipinski definition) is 4. The summed E-state index contributed by atoms with van der Waals surface area (Å²) >= 11 is 0. The molecule has 0 aromatic heterocycles. The molecule has 1 N–H and O–H groups in total. The van der Waals surface area contributed by atoms with Gasteiger partial charge >= 0.3 is 5.97 Å². The van der Waals surface area contributed by atoms with Gasteiger partial charge < -0.3 is 5.11 Å². The number of Topliss-reactive ketones (excluding diaryl/α,β-unsaturated/α-hetero) is 1. The summed E-state index contributed by atoms with van der Waals surface area (Å²) in [5.41, 5.74) is 0.276. The van der Waals surface area contributed by atoms with Crippen molar-refractivity contribution in [3.8, 4) is 0 Å². The summed E-state index contributed by atoms with van der Waals surface area (Å²) in [5, 5.41) is 8.99. The monoisotopic (exact) mass is 270 g/mol. The lowest BCUT2D eigenvalue weighted by molar-refractivity contribution is -0.140. The van der Waals surface area contributed by atoms with Crippen LogP contribution in [-0.4, -0.2) is 37.3 Å². The zero-order valence-electron chi connectivity index (χ0n) is 9.87. The summed E-state index contributed by atoms with van der Waals surface area (Å²) in [6, 6.07) is 7.99. The summed E-state index contributed by atoms with van der Waals surface area (Å²) in [5.74, 6) is -3.50. The van der Waals surface area contributed by atoms with Crippen molar-refractivity contribution in [2.45, 2.75) is 6.42 Å². The number of sulfone groups is 1. The minimum absolute atomic E-state index is 0.206. The molecule has 0 fully saturated rings. The van der Waals surface area contributed by atoms with Gasteiger partial charge in [0, 0.05) is 11.8 Å². The van der Waals surface area contributed by atoms with Crippen LogP contribution in [0.1, 0.15) is 16.8 Å². The van der Waals surface area contributed by atoms with E-state index in [0.29, 0.717) is 0 Å². The van der Waals surface area contributed by atoms with Gasteiger partial charge in [-0.15, -0.1) is 0 Å². The Labute approximate surface area is 105 Å². The van der Waals surface area contributed by atoms with Gasteiger partial charge in [0.15, 0.2) is 5.78 Å². The number of carbonyl (C=O) groups is 2. The van der Waals surface area contributed by atoms with Crippen LogP contribution in [0.15, 0.2) is 30.3 Å². The molecule has 0 saturated heterocycles. The molecule has 0 aliphatic carbocycles. The predicted octanol–water partition coefficient (Wildman–Crippen LogP) is 1.00. The van der Waals surface area contributed by atoms with E-state index >= 15 is 0 Å². The summed E-state index contributed by atoms with van der Waals surface area (Å²) < 4.78 is 22.0. The highest BCUT2D eigenvalue weighted by atomic mass is 32.2. The lowest BCUT2D eigenvalue weighted by Gasteiger charge is -2.10. The van der Waals surface area contributed by atoms with E-state index in [-0.39, 0.29) is 17.7 Å². The second kappa shape index (κ2) is 5.77. The predicted molar refractivity (Wildman–Crippen MR) is 66.2 cm³/mol. The fraction of sp³-hybridized carbons (Fsp3) is 0.333. The fourth-order valence-corrected chi connectivity index (χ4v) is 2.17. The zero-order valence-corrected chi connectivity index (χ0v) is 10.7. The van der Waals surface area contributed by atoms with E-state index in [4.69, 9.17) is 5.11 Å². The molecule has 0 radical (unpaired) electrons. The van der Waals surface area contributed by atoms with Gasteiger partial charge in [-0.05, 0) is 6.42 Å². The SMILES string of the molecule is CS(=O)(=O)CCC(C(=O)O)C(=O)c1ccccc1. The van der Waals surface area contributed by atoms with Gasteiger partial charge in [0.05, 0.1) is 5.75 Å². The summed E-state index contributed by atoms with van der Waals surface area (Å²) in [6.45, 7) is 0. The highest BCUT2D eigenvalue weighted by molar-refractivity contribution is 7.90. The van der Waals surface area contributed by atoms with Gasteiger partial charge in [0.25, 0.3) is 0 Å². The van der Waals surface area contributed by atoms with Crippen molar-refractivity contribution in [2.75, 3.05) is 12.0 Å². The maximum absolute atomic E-state index is 11.9. The molecule has 1 aromatic carbocycles. The topological polar surface area (TPSA) is 88.5 Å².